The highest BCUT2D eigenvalue weighted by molar-refractivity contribution is 6.58. The Morgan fingerprint density at radius 1 is 0.534 bits per heavy atom. The maximum Gasteiger partial charge on any atom is 0.488 e. The van der Waals surface area contributed by atoms with Crippen LogP contribution in [0.1, 0.15) is 139 Å². The van der Waals surface area contributed by atoms with Crippen LogP contribution in [-0.4, -0.2) is 136 Å². The molecule has 0 aliphatic carbocycles. The summed E-state index contributed by atoms with van der Waals surface area (Å²) in [7, 11) is -0.332. The van der Waals surface area contributed by atoms with E-state index in [4.69, 9.17) is 25.1 Å². The number of amides is 3. The van der Waals surface area contributed by atoms with Crippen LogP contribution in [-0.2, 0) is 24.3 Å². The molecule has 0 radical (unpaired) electrons. The van der Waals surface area contributed by atoms with Crippen LogP contribution in [0.5, 0.6) is 0 Å². The number of anilines is 4. The lowest BCUT2D eigenvalue weighted by molar-refractivity contribution is -0.129. The summed E-state index contributed by atoms with van der Waals surface area (Å²) < 4.78 is 3.25. The van der Waals surface area contributed by atoms with Gasteiger partial charge < -0.3 is 51.6 Å². The number of rotatable bonds is 28. The van der Waals surface area contributed by atoms with Gasteiger partial charge in [0.1, 0.15) is 34.5 Å². The van der Waals surface area contributed by atoms with Gasteiger partial charge in [0.25, 0.3) is 22.9 Å². The second-order valence-corrected chi connectivity index (χ2v) is 27.7. The third-order valence-corrected chi connectivity index (χ3v) is 20.0. The van der Waals surface area contributed by atoms with Crippen molar-refractivity contribution in [1.29, 1.82) is 0 Å². The van der Waals surface area contributed by atoms with E-state index >= 15 is 0 Å². The van der Waals surface area contributed by atoms with Gasteiger partial charge in [-0.15, -0.1) is 0 Å². The Hall–Kier alpha value is -14.5. The summed E-state index contributed by atoms with van der Waals surface area (Å²) in [6.07, 6.45) is 15.4. The summed E-state index contributed by atoms with van der Waals surface area (Å²) in [6, 6.07) is 53.5. The molecule has 7 aromatic carbocycles. The average molecular weight is 1580 g/mol. The van der Waals surface area contributed by atoms with Gasteiger partial charge in [-0.1, -0.05) is 124 Å². The first-order chi connectivity index (χ1) is 57.6. The number of imidazole rings is 3. The van der Waals surface area contributed by atoms with Gasteiger partial charge in [-0.25, -0.2) is 65.4 Å². The van der Waals surface area contributed by atoms with Crippen molar-refractivity contribution < 1.29 is 34.8 Å². The number of aromatic nitrogens is 16. The molecule has 16 rings (SSSR count). The Morgan fingerprint density at radius 2 is 1.10 bits per heavy atom. The van der Waals surface area contributed by atoms with Crippen molar-refractivity contribution in [3.8, 4) is 11.4 Å². The molecule has 3 amide bonds. The molecule has 0 spiro atoms. The minimum Gasteiger partial charge on any atom is -0.423 e. The van der Waals surface area contributed by atoms with Gasteiger partial charge in [-0.05, 0) is 140 Å². The monoisotopic (exact) mass is 1580 g/mol. The van der Waals surface area contributed by atoms with Crippen molar-refractivity contribution in [2.75, 3.05) is 28.3 Å². The standard InChI is InChI=1S/C32H30N8O3.C30H27BN8O4.C23H27N7O2/c1-3-23(37-29-28-26(16-17-33-29)35-19-36-28)30-38-25-11-7-10-24(27(25)32(42)40(30)22-8-5-4-6-9-22)34-18-20-12-14-21(15-13-20)31(41)39(2)43;1-2-22(37-27-25-26(34-16-33-25)35-17-36-27)28-38-23-10-6-7-19(24(23)30(41)39(28)21-8-4-3-5-9-21)15-32-29(40)18-11-13-20(14-12-18)31(42)43;1-2-16(27-23-21-19(12-13-24-23)25-14-26-21)22-28-17(9-4-3-5-11-20(31)30-32)15-8-6-7-10-18(15)29-22/h4-17,19,23,34,43H,3,18H2,1-2H3,(H,33,37)(H,35,36);3-14,16-17,22,42-43H,2,15H2,1H3,(H,32,40)(H2,33,34,35,36,37);6-8,10,12-14,16,32H,2-5,9,11H2,1H3,(H,24,27)(H,25,26)(H,30,31)/t23-;22-;16-/m000/s1. The summed E-state index contributed by atoms with van der Waals surface area (Å²) in [5.41, 5.74) is 13.1. The molecular formula is C85H84BN23O9. The molecule has 0 aliphatic heterocycles. The fraction of sp³-hybridized carbons (Fsp3) is 0.200. The Bertz CT molecular complexity index is 6350. The summed E-state index contributed by atoms with van der Waals surface area (Å²) in [4.78, 5) is 124. The molecule has 33 heteroatoms. The Kier molecular flexibility index (Phi) is 25.2. The van der Waals surface area contributed by atoms with E-state index in [2.05, 4.69) is 83.3 Å². The van der Waals surface area contributed by atoms with Crippen LogP contribution in [0.3, 0.4) is 0 Å². The smallest absolute Gasteiger partial charge is 0.423 e. The Morgan fingerprint density at radius 3 is 1.72 bits per heavy atom. The van der Waals surface area contributed by atoms with Gasteiger partial charge in [0.2, 0.25) is 5.91 Å². The summed E-state index contributed by atoms with van der Waals surface area (Å²) >= 11 is 0. The molecule has 16 aromatic rings. The number of benzene rings is 7. The number of aromatic amines is 3. The number of hydrogen-bond acceptors (Lipinski definition) is 24. The number of hydroxylamine groups is 3. The highest BCUT2D eigenvalue weighted by atomic mass is 16.5. The van der Waals surface area contributed by atoms with Crippen molar-refractivity contribution in [1.82, 2.24) is 94.8 Å². The number of carbonyl (C=O) groups is 3. The molecule has 13 N–H and O–H groups in total. The number of nitrogens with one attached hydrogen (secondary N) is 9. The maximum absolute atomic E-state index is 14.4. The van der Waals surface area contributed by atoms with E-state index in [0.717, 1.165) is 76.6 Å². The molecule has 0 bridgehead atoms. The highest BCUT2D eigenvalue weighted by Crippen LogP contribution is 2.32. The van der Waals surface area contributed by atoms with Gasteiger partial charge in [-0.3, -0.25) is 43.5 Å². The first kappa shape index (κ1) is 80.1. The van der Waals surface area contributed by atoms with Crippen LogP contribution >= 0.6 is 0 Å². The van der Waals surface area contributed by atoms with Crippen LogP contribution in [0.15, 0.2) is 229 Å². The number of unbranched alkanes of at least 4 members (excludes halogenated alkanes) is 2. The molecule has 0 saturated heterocycles. The zero-order valence-corrected chi connectivity index (χ0v) is 64.8. The third kappa shape index (κ3) is 18.0. The third-order valence-electron chi connectivity index (χ3n) is 20.0. The minimum absolute atomic E-state index is 0.0831. The number of carbonyl (C=O) groups excluding carboxylic acids is 3. The van der Waals surface area contributed by atoms with Gasteiger partial charge >= 0.3 is 7.12 Å². The topological polar surface area (TPSA) is 441 Å². The lowest BCUT2D eigenvalue weighted by Gasteiger charge is -2.23. The molecule has 0 fully saturated rings. The van der Waals surface area contributed by atoms with Crippen molar-refractivity contribution in [2.24, 2.45) is 0 Å². The zero-order valence-electron chi connectivity index (χ0n) is 64.8. The van der Waals surface area contributed by atoms with E-state index in [1.165, 1.54) is 37.6 Å². The highest BCUT2D eigenvalue weighted by Gasteiger charge is 2.27. The first-order valence-corrected chi connectivity index (χ1v) is 38.5. The SMILES string of the molecule is CC[C@H](Nc1nccc2[nH]cnc12)c1nc(CCCCCC(=O)NO)c2ccccc2n1.CC[C@H](Nc1nccc2[nH]cnc12)c1nc2cccc(NCc3ccc(C(=O)N(C)O)cc3)c2c(=O)n1-c1ccccc1.CC[C@H](Nc1ncnc2nc[nH]c12)c1nc2cccc(CNC(=O)c3ccc(B(O)O)cc3)c2c(=O)n1-c1ccccc1. The van der Waals surface area contributed by atoms with Gasteiger partial charge in [-0.2, -0.15) is 0 Å². The number of hydrogen-bond donors (Lipinski definition) is 13. The van der Waals surface area contributed by atoms with Crippen LogP contribution in [0, 0.1) is 0 Å². The minimum atomic E-state index is -1.62. The summed E-state index contributed by atoms with van der Waals surface area (Å²) in [5, 5.41) is 55.8. The van der Waals surface area contributed by atoms with Gasteiger partial charge in [0.15, 0.2) is 28.9 Å². The van der Waals surface area contributed by atoms with Crippen LogP contribution in [0.25, 0.3) is 77.3 Å². The normalized spacial score (nSPS) is 12.0. The van der Waals surface area contributed by atoms with Gasteiger partial charge in [0, 0.05) is 61.2 Å². The second kappa shape index (κ2) is 37.2. The fourth-order valence-corrected chi connectivity index (χ4v) is 13.9. The summed E-state index contributed by atoms with van der Waals surface area (Å²) in [5.74, 6) is 2.44. The number of pyridine rings is 2. The second-order valence-electron chi connectivity index (χ2n) is 27.7. The molecule has 3 atom stereocenters. The first-order valence-electron chi connectivity index (χ1n) is 38.5. The quantitative estimate of drug-likeness (QED) is 0.00937. The number of para-hydroxylation sites is 3. The predicted octanol–water partition coefficient (Wildman–Crippen LogP) is 11.6. The van der Waals surface area contributed by atoms with Gasteiger partial charge in [0.05, 0.1) is 92.5 Å². The molecule has 0 aliphatic rings. The summed E-state index contributed by atoms with van der Waals surface area (Å²) in [6.45, 7) is 6.61. The number of fused-ring (bicyclic) bond motifs is 6. The van der Waals surface area contributed by atoms with E-state index in [-0.39, 0.29) is 47.0 Å². The number of nitrogens with zero attached hydrogens (tertiary/aromatic N) is 14. The number of H-pyrrole nitrogens is 3. The lowest BCUT2D eigenvalue weighted by atomic mass is 9.80. The Balaban J connectivity index is 0.000000147. The Labute approximate surface area is 674 Å². The van der Waals surface area contributed by atoms with Crippen molar-refractivity contribution in [2.45, 2.75) is 103 Å². The maximum atomic E-state index is 14.4. The number of aryl methyl sites for hydroxylation is 1. The predicted molar refractivity (Wildman–Crippen MR) is 451 cm³/mol. The molecule has 9 heterocycles. The molecule has 118 heavy (non-hydrogen) atoms. The van der Waals surface area contributed by atoms with E-state index < -0.39 is 19.1 Å². The molecule has 0 unspecified atom stereocenters. The lowest BCUT2D eigenvalue weighted by Crippen LogP contribution is -2.31. The fourth-order valence-electron chi connectivity index (χ4n) is 13.9. The van der Waals surface area contributed by atoms with E-state index in [0.29, 0.717) is 132 Å². The van der Waals surface area contributed by atoms with Crippen LogP contribution in [0.4, 0.5) is 23.1 Å². The van der Waals surface area contributed by atoms with E-state index in [9.17, 15) is 39.2 Å². The van der Waals surface area contributed by atoms with Crippen LogP contribution in [0.2, 0.25) is 0 Å². The molecule has 32 nitrogen and oxygen atoms in total. The van der Waals surface area contributed by atoms with Crippen molar-refractivity contribution in [3.63, 3.8) is 0 Å². The molecular weight excluding hydrogens is 1500 g/mol. The largest absolute Gasteiger partial charge is 0.488 e. The average Bonchev–Trinajstić information content (AvgIpc) is 0.814. The van der Waals surface area contributed by atoms with E-state index in [1.54, 1.807) is 88.5 Å². The van der Waals surface area contributed by atoms with Crippen LogP contribution < -0.4 is 48.6 Å². The van der Waals surface area contributed by atoms with Crippen molar-refractivity contribution >= 4 is 119 Å². The van der Waals surface area contributed by atoms with E-state index in [1.807, 2.05) is 129 Å². The molecule has 9 aromatic heterocycles. The molecule has 0 saturated carbocycles. The molecule has 596 valence electrons. The van der Waals surface area contributed by atoms with Crippen molar-refractivity contribution in [3.05, 3.63) is 286 Å². The zero-order chi connectivity index (χ0) is 82.2.